The van der Waals surface area contributed by atoms with E-state index in [-0.39, 0.29) is 16.8 Å². The molecule has 1 aliphatic heterocycles. The predicted molar refractivity (Wildman–Crippen MR) is 87.9 cm³/mol. The number of rotatable bonds is 6. The molecule has 23 heavy (non-hydrogen) atoms. The third-order valence-corrected chi connectivity index (χ3v) is 5.92. The number of ether oxygens (including phenoxy) is 1. The molecule has 1 aromatic carbocycles. The zero-order chi connectivity index (χ0) is 16.9. The SMILES string of the molecule is CCC(CC)NC(=O)c1cccc(S(=O)(=O)N2CCOCC2)c1. The predicted octanol–water partition coefficient (Wildman–Crippen LogP) is 1.63. The van der Waals surface area contributed by atoms with Crippen molar-refractivity contribution in [3.8, 4) is 0 Å². The average Bonchev–Trinajstić information content (AvgIpc) is 2.60. The van der Waals surface area contributed by atoms with Crippen molar-refractivity contribution in [3.05, 3.63) is 29.8 Å². The van der Waals surface area contributed by atoms with Crippen molar-refractivity contribution in [1.82, 2.24) is 9.62 Å². The largest absolute Gasteiger partial charge is 0.379 e. The van der Waals surface area contributed by atoms with E-state index >= 15 is 0 Å². The average molecular weight is 340 g/mol. The monoisotopic (exact) mass is 340 g/mol. The minimum Gasteiger partial charge on any atom is -0.379 e. The third kappa shape index (κ3) is 4.31. The summed E-state index contributed by atoms with van der Waals surface area (Å²) in [7, 11) is -3.58. The molecule has 1 heterocycles. The Balaban J connectivity index is 2.20. The standard InChI is InChI=1S/C16H24N2O4S/c1-3-14(4-2)17-16(19)13-6-5-7-15(12-13)23(20,21)18-8-10-22-11-9-18/h5-7,12,14H,3-4,8-11H2,1-2H3,(H,17,19). The molecule has 1 fully saturated rings. The highest BCUT2D eigenvalue weighted by Crippen LogP contribution is 2.18. The van der Waals surface area contributed by atoms with Crippen LogP contribution in [0.3, 0.4) is 0 Å². The van der Waals surface area contributed by atoms with E-state index in [4.69, 9.17) is 4.74 Å². The molecule has 0 bridgehead atoms. The Morgan fingerprint density at radius 1 is 1.26 bits per heavy atom. The van der Waals surface area contributed by atoms with Crippen LogP contribution in [0.25, 0.3) is 0 Å². The van der Waals surface area contributed by atoms with Crippen LogP contribution in [0, 0.1) is 0 Å². The first kappa shape index (κ1) is 17.9. The van der Waals surface area contributed by atoms with Crippen LogP contribution in [-0.4, -0.2) is 51.0 Å². The zero-order valence-electron chi connectivity index (χ0n) is 13.6. The van der Waals surface area contributed by atoms with Gasteiger partial charge in [-0.15, -0.1) is 0 Å². The fourth-order valence-electron chi connectivity index (χ4n) is 2.50. The Bertz CT molecular complexity index is 635. The summed E-state index contributed by atoms with van der Waals surface area (Å²) in [5.74, 6) is -0.238. The second-order valence-electron chi connectivity index (χ2n) is 5.53. The van der Waals surface area contributed by atoms with Gasteiger partial charge >= 0.3 is 0 Å². The molecule has 0 spiro atoms. The van der Waals surface area contributed by atoms with Crippen LogP contribution in [0.1, 0.15) is 37.0 Å². The molecule has 1 N–H and O–H groups in total. The lowest BCUT2D eigenvalue weighted by Crippen LogP contribution is -2.40. The summed E-state index contributed by atoms with van der Waals surface area (Å²) in [6.07, 6.45) is 1.68. The number of hydrogen-bond acceptors (Lipinski definition) is 4. The van der Waals surface area contributed by atoms with Crippen molar-refractivity contribution in [3.63, 3.8) is 0 Å². The van der Waals surface area contributed by atoms with Crippen LogP contribution in [-0.2, 0) is 14.8 Å². The highest BCUT2D eigenvalue weighted by atomic mass is 32.2. The molecular formula is C16H24N2O4S. The van der Waals surface area contributed by atoms with Crippen molar-refractivity contribution in [2.24, 2.45) is 0 Å². The number of morpholine rings is 1. The molecule has 7 heteroatoms. The highest BCUT2D eigenvalue weighted by Gasteiger charge is 2.27. The van der Waals surface area contributed by atoms with Gasteiger partial charge in [0.1, 0.15) is 0 Å². The quantitative estimate of drug-likeness (QED) is 0.854. The van der Waals surface area contributed by atoms with Crippen molar-refractivity contribution >= 4 is 15.9 Å². The summed E-state index contributed by atoms with van der Waals surface area (Å²) in [6.45, 7) is 5.49. The normalized spacial score (nSPS) is 16.5. The maximum absolute atomic E-state index is 12.6. The van der Waals surface area contributed by atoms with E-state index < -0.39 is 10.0 Å². The molecule has 0 atom stereocenters. The molecule has 1 aromatic rings. The molecule has 1 amide bonds. The van der Waals surface area contributed by atoms with Crippen LogP contribution in [0.5, 0.6) is 0 Å². The van der Waals surface area contributed by atoms with Gasteiger partial charge in [0.25, 0.3) is 5.91 Å². The van der Waals surface area contributed by atoms with Gasteiger partial charge in [-0.1, -0.05) is 19.9 Å². The molecule has 0 radical (unpaired) electrons. The maximum Gasteiger partial charge on any atom is 0.251 e. The van der Waals surface area contributed by atoms with Gasteiger partial charge in [-0.3, -0.25) is 4.79 Å². The second-order valence-corrected chi connectivity index (χ2v) is 7.47. The lowest BCUT2D eigenvalue weighted by atomic mass is 10.1. The summed E-state index contributed by atoms with van der Waals surface area (Å²) in [5.41, 5.74) is 0.367. The van der Waals surface area contributed by atoms with E-state index in [1.54, 1.807) is 12.1 Å². The zero-order valence-corrected chi connectivity index (χ0v) is 14.4. The van der Waals surface area contributed by atoms with Crippen LogP contribution >= 0.6 is 0 Å². The molecule has 6 nitrogen and oxygen atoms in total. The number of sulfonamides is 1. The molecule has 128 valence electrons. The van der Waals surface area contributed by atoms with Crippen molar-refractivity contribution in [1.29, 1.82) is 0 Å². The number of hydrogen-bond donors (Lipinski definition) is 1. The van der Waals surface area contributed by atoms with E-state index in [1.165, 1.54) is 16.4 Å². The van der Waals surface area contributed by atoms with E-state index in [0.717, 1.165) is 12.8 Å². The summed E-state index contributed by atoms with van der Waals surface area (Å²) >= 11 is 0. The first-order valence-electron chi connectivity index (χ1n) is 7.97. The third-order valence-electron chi connectivity index (χ3n) is 4.02. The fraction of sp³-hybridized carbons (Fsp3) is 0.562. The number of amides is 1. The first-order valence-corrected chi connectivity index (χ1v) is 9.41. The summed E-state index contributed by atoms with van der Waals surface area (Å²) in [4.78, 5) is 12.4. The number of carbonyl (C=O) groups excluding carboxylic acids is 1. The molecule has 2 rings (SSSR count). The molecule has 1 saturated heterocycles. The van der Waals surface area contributed by atoms with Gasteiger partial charge in [-0.25, -0.2) is 8.42 Å². The number of carbonyl (C=O) groups is 1. The van der Waals surface area contributed by atoms with Crippen LogP contribution < -0.4 is 5.32 Å². The fourth-order valence-corrected chi connectivity index (χ4v) is 3.95. The minimum absolute atomic E-state index is 0.0991. The van der Waals surface area contributed by atoms with Crippen molar-refractivity contribution < 1.29 is 17.9 Å². The lowest BCUT2D eigenvalue weighted by Gasteiger charge is -2.26. The van der Waals surface area contributed by atoms with Crippen molar-refractivity contribution in [2.45, 2.75) is 37.6 Å². The summed E-state index contributed by atoms with van der Waals surface area (Å²) in [5, 5.41) is 2.92. The van der Waals surface area contributed by atoms with Gasteiger partial charge in [0.05, 0.1) is 18.1 Å². The van der Waals surface area contributed by atoms with E-state index in [0.29, 0.717) is 31.9 Å². The van der Waals surface area contributed by atoms with E-state index in [1.807, 2.05) is 13.8 Å². The topological polar surface area (TPSA) is 75.7 Å². The maximum atomic E-state index is 12.6. The van der Waals surface area contributed by atoms with Crippen LogP contribution in [0.15, 0.2) is 29.2 Å². The number of benzene rings is 1. The molecular weight excluding hydrogens is 316 g/mol. The first-order chi connectivity index (χ1) is 11.0. The Labute approximate surface area is 137 Å². The molecule has 1 aliphatic rings. The van der Waals surface area contributed by atoms with Gasteiger partial charge in [0, 0.05) is 24.7 Å². The Morgan fingerprint density at radius 3 is 2.52 bits per heavy atom. The van der Waals surface area contributed by atoms with Crippen LogP contribution in [0.2, 0.25) is 0 Å². The molecule has 0 aliphatic carbocycles. The van der Waals surface area contributed by atoms with Gasteiger partial charge in [-0.05, 0) is 31.0 Å². The lowest BCUT2D eigenvalue weighted by molar-refractivity contribution is 0.0730. The summed E-state index contributed by atoms with van der Waals surface area (Å²) in [6, 6.07) is 6.31. The number of nitrogens with one attached hydrogen (secondary N) is 1. The Hall–Kier alpha value is -1.44. The van der Waals surface area contributed by atoms with Gasteiger partial charge in [0.2, 0.25) is 10.0 Å². The van der Waals surface area contributed by atoms with E-state index in [2.05, 4.69) is 5.32 Å². The van der Waals surface area contributed by atoms with E-state index in [9.17, 15) is 13.2 Å². The second kappa shape index (κ2) is 7.90. The Morgan fingerprint density at radius 2 is 1.91 bits per heavy atom. The highest BCUT2D eigenvalue weighted by molar-refractivity contribution is 7.89. The van der Waals surface area contributed by atoms with Crippen LogP contribution in [0.4, 0.5) is 0 Å². The Kier molecular flexibility index (Phi) is 6.15. The number of nitrogens with zero attached hydrogens (tertiary/aromatic N) is 1. The van der Waals surface area contributed by atoms with Gasteiger partial charge < -0.3 is 10.1 Å². The summed E-state index contributed by atoms with van der Waals surface area (Å²) < 4.78 is 31.9. The molecule has 0 aromatic heterocycles. The minimum atomic E-state index is -3.58. The van der Waals surface area contributed by atoms with Gasteiger partial charge in [0.15, 0.2) is 0 Å². The van der Waals surface area contributed by atoms with Gasteiger partial charge in [-0.2, -0.15) is 4.31 Å². The molecule has 0 unspecified atom stereocenters. The van der Waals surface area contributed by atoms with Crippen molar-refractivity contribution in [2.75, 3.05) is 26.3 Å². The molecule has 0 saturated carbocycles. The smallest absolute Gasteiger partial charge is 0.251 e.